The van der Waals surface area contributed by atoms with Gasteiger partial charge in [-0.3, -0.25) is 0 Å². The van der Waals surface area contributed by atoms with Crippen molar-refractivity contribution in [3.05, 3.63) is 51.2 Å². The molecule has 1 aromatic carbocycles. The van der Waals surface area contributed by atoms with Crippen molar-refractivity contribution < 1.29 is 14.6 Å². The lowest BCUT2D eigenvalue weighted by Gasteiger charge is -2.15. The van der Waals surface area contributed by atoms with Crippen LogP contribution in [0.15, 0.2) is 30.3 Å². The zero-order valence-electron chi connectivity index (χ0n) is 14.8. The molecular weight excluding hydrogens is 320 g/mol. The van der Waals surface area contributed by atoms with E-state index in [1.54, 1.807) is 6.07 Å². The van der Waals surface area contributed by atoms with E-state index in [-0.39, 0.29) is 5.97 Å². The number of phenolic OH excluding ortho intramolecular Hbond substituents is 1. The summed E-state index contributed by atoms with van der Waals surface area (Å²) in [6.45, 7) is 6.36. The van der Waals surface area contributed by atoms with Crippen LogP contribution >= 0.6 is 11.3 Å². The van der Waals surface area contributed by atoms with Crippen LogP contribution in [0.5, 0.6) is 5.75 Å². The van der Waals surface area contributed by atoms with Crippen LogP contribution in [0.2, 0.25) is 0 Å². The Morgan fingerprint density at radius 1 is 1.25 bits per heavy atom. The number of phenols is 1. The Bertz CT molecular complexity index is 688. The number of carbonyl (C=O) groups excluding carboxylic acids is 1. The average Bonchev–Trinajstić information content (AvgIpc) is 3.05. The first-order chi connectivity index (χ1) is 11.5. The minimum Gasteiger partial charge on any atom is -0.508 e. The van der Waals surface area contributed by atoms with Gasteiger partial charge < -0.3 is 9.84 Å². The van der Waals surface area contributed by atoms with Gasteiger partial charge in [0, 0.05) is 4.88 Å². The Morgan fingerprint density at radius 2 is 2.00 bits per heavy atom. The zero-order chi connectivity index (χ0) is 17.7. The number of thiophene rings is 1. The molecule has 0 saturated heterocycles. The fourth-order valence-corrected chi connectivity index (χ4v) is 4.04. The third kappa shape index (κ3) is 4.38. The number of benzene rings is 1. The van der Waals surface area contributed by atoms with Crippen LogP contribution in [-0.4, -0.2) is 18.2 Å². The standard InChI is InChI=1S/C20H26O3S/c1-5-15(18-10-11-19(24-18)20(22)23-4)8-6-14-7-9-17(21)16(12-14)13(2)3/h7,9-13,15,21H,5-6,8H2,1-4H3. The fourth-order valence-electron chi connectivity index (χ4n) is 2.89. The molecule has 1 N–H and O–H groups in total. The maximum atomic E-state index is 11.6. The Balaban J connectivity index is 2.07. The predicted octanol–water partition coefficient (Wildman–Crippen LogP) is 5.49. The molecule has 1 aromatic heterocycles. The van der Waals surface area contributed by atoms with E-state index in [9.17, 15) is 9.90 Å². The lowest BCUT2D eigenvalue weighted by atomic mass is 9.93. The summed E-state index contributed by atoms with van der Waals surface area (Å²) in [6, 6.07) is 9.81. The Kier molecular flexibility index (Phi) is 6.44. The molecule has 0 fully saturated rings. The molecule has 0 saturated carbocycles. The number of aromatic hydroxyl groups is 1. The summed E-state index contributed by atoms with van der Waals surface area (Å²) in [5, 5.41) is 9.94. The van der Waals surface area contributed by atoms with Crippen LogP contribution in [0.4, 0.5) is 0 Å². The molecule has 1 heterocycles. The largest absolute Gasteiger partial charge is 0.508 e. The number of ether oxygens (including phenoxy) is 1. The first-order valence-electron chi connectivity index (χ1n) is 8.46. The molecule has 0 amide bonds. The minimum absolute atomic E-state index is 0.263. The minimum atomic E-state index is -0.263. The van der Waals surface area contributed by atoms with Gasteiger partial charge in [0.2, 0.25) is 0 Å². The van der Waals surface area contributed by atoms with E-state index in [4.69, 9.17) is 4.74 Å². The molecule has 1 atom stereocenters. The summed E-state index contributed by atoms with van der Waals surface area (Å²) in [6.07, 6.45) is 3.03. The molecule has 0 aliphatic carbocycles. The van der Waals surface area contributed by atoms with Crippen molar-refractivity contribution in [2.24, 2.45) is 0 Å². The average molecular weight is 346 g/mol. The van der Waals surface area contributed by atoms with Crippen LogP contribution in [0, 0.1) is 0 Å². The van der Waals surface area contributed by atoms with E-state index < -0.39 is 0 Å². The SMILES string of the molecule is CCC(CCc1ccc(O)c(C(C)C)c1)c1ccc(C(=O)OC)s1. The van der Waals surface area contributed by atoms with Crippen molar-refractivity contribution in [3.8, 4) is 5.75 Å². The highest BCUT2D eigenvalue weighted by molar-refractivity contribution is 7.14. The molecule has 0 aliphatic rings. The lowest BCUT2D eigenvalue weighted by molar-refractivity contribution is 0.0606. The van der Waals surface area contributed by atoms with Gasteiger partial charge in [-0.15, -0.1) is 11.3 Å². The summed E-state index contributed by atoms with van der Waals surface area (Å²) < 4.78 is 4.79. The van der Waals surface area contributed by atoms with Gasteiger partial charge in [0.25, 0.3) is 0 Å². The van der Waals surface area contributed by atoms with E-state index in [0.717, 1.165) is 24.8 Å². The molecule has 3 nitrogen and oxygen atoms in total. The van der Waals surface area contributed by atoms with Gasteiger partial charge in [-0.05, 0) is 60.4 Å². The first kappa shape index (κ1) is 18.5. The van der Waals surface area contributed by atoms with Crippen molar-refractivity contribution in [2.45, 2.75) is 51.9 Å². The summed E-state index contributed by atoms with van der Waals surface area (Å²) in [5.41, 5.74) is 2.25. The van der Waals surface area contributed by atoms with E-state index >= 15 is 0 Å². The van der Waals surface area contributed by atoms with Crippen molar-refractivity contribution >= 4 is 17.3 Å². The fraction of sp³-hybridized carbons (Fsp3) is 0.450. The molecule has 0 aliphatic heterocycles. The van der Waals surface area contributed by atoms with Gasteiger partial charge >= 0.3 is 5.97 Å². The van der Waals surface area contributed by atoms with Gasteiger partial charge in [0.1, 0.15) is 10.6 Å². The number of carbonyl (C=O) groups is 1. The van der Waals surface area contributed by atoms with Crippen molar-refractivity contribution in [1.29, 1.82) is 0 Å². The molecule has 2 aromatic rings. The maximum Gasteiger partial charge on any atom is 0.348 e. The maximum absolute atomic E-state index is 11.6. The van der Waals surface area contributed by atoms with Crippen molar-refractivity contribution in [1.82, 2.24) is 0 Å². The van der Waals surface area contributed by atoms with Crippen molar-refractivity contribution in [2.75, 3.05) is 7.11 Å². The molecule has 0 bridgehead atoms. The van der Waals surface area contributed by atoms with Gasteiger partial charge in [-0.25, -0.2) is 4.79 Å². The summed E-state index contributed by atoms with van der Waals surface area (Å²) in [4.78, 5) is 13.5. The third-order valence-electron chi connectivity index (χ3n) is 4.40. The molecule has 1 unspecified atom stereocenters. The third-order valence-corrected chi connectivity index (χ3v) is 5.63. The predicted molar refractivity (Wildman–Crippen MR) is 99.2 cm³/mol. The number of methoxy groups -OCH3 is 1. The van der Waals surface area contributed by atoms with Crippen LogP contribution in [-0.2, 0) is 11.2 Å². The Morgan fingerprint density at radius 3 is 2.62 bits per heavy atom. The van der Waals surface area contributed by atoms with E-state index in [1.807, 2.05) is 18.2 Å². The van der Waals surface area contributed by atoms with Gasteiger partial charge in [-0.1, -0.05) is 32.9 Å². The lowest BCUT2D eigenvalue weighted by Crippen LogP contribution is -1.99. The molecule has 4 heteroatoms. The van der Waals surface area contributed by atoms with Crippen LogP contribution < -0.4 is 0 Å². The summed E-state index contributed by atoms with van der Waals surface area (Å²) >= 11 is 1.53. The second kappa shape index (κ2) is 8.34. The summed E-state index contributed by atoms with van der Waals surface area (Å²) in [5.74, 6) is 0.861. The Labute approximate surface area is 148 Å². The normalized spacial score (nSPS) is 12.4. The number of aryl methyl sites for hydroxylation is 1. The van der Waals surface area contributed by atoms with Gasteiger partial charge in [0.15, 0.2) is 0 Å². The number of hydrogen-bond acceptors (Lipinski definition) is 4. The van der Waals surface area contributed by atoms with Gasteiger partial charge in [0.05, 0.1) is 7.11 Å². The van der Waals surface area contributed by atoms with Crippen molar-refractivity contribution in [3.63, 3.8) is 0 Å². The number of rotatable bonds is 7. The van der Waals surface area contributed by atoms with Crippen LogP contribution in [0.3, 0.4) is 0 Å². The zero-order valence-corrected chi connectivity index (χ0v) is 15.7. The van der Waals surface area contributed by atoms with Crippen LogP contribution in [0.25, 0.3) is 0 Å². The molecule has 24 heavy (non-hydrogen) atoms. The highest BCUT2D eigenvalue weighted by atomic mass is 32.1. The molecule has 130 valence electrons. The monoisotopic (exact) mass is 346 g/mol. The molecule has 0 spiro atoms. The molecule has 2 rings (SSSR count). The second-order valence-electron chi connectivity index (χ2n) is 6.39. The Hall–Kier alpha value is -1.81. The first-order valence-corrected chi connectivity index (χ1v) is 9.27. The topological polar surface area (TPSA) is 46.5 Å². The van der Waals surface area contributed by atoms with E-state index in [0.29, 0.717) is 22.5 Å². The second-order valence-corrected chi connectivity index (χ2v) is 7.50. The smallest absolute Gasteiger partial charge is 0.348 e. The quantitative estimate of drug-likeness (QED) is 0.674. The molecule has 0 radical (unpaired) electrons. The van der Waals surface area contributed by atoms with E-state index in [1.165, 1.54) is 28.9 Å². The molecular formula is C20H26O3S. The highest BCUT2D eigenvalue weighted by Gasteiger charge is 2.16. The van der Waals surface area contributed by atoms with Gasteiger partial charge in [-0.2, -0.15) is 0 Å². The summed E-state index contributed by atoms with van der Waals surface area (Å²) in [7, 11) is 1.41. The van der Waals surface area contributed by atoms with E-state index in [2.05, 4.69) is 26.8 Å². The number of esters is 1. The van der Waals surface area contributed by atoms with Crippen LogP contribution in [0.1, 0.15) is 71.1 Å². The number of hydrogen-bond donors (Lipinski definition) is 1. The highest BCUT2D eigenvalue weighted by Crippen LogP contribution is 2.32.